The number of nitrogens with one attached hydrogen (secondary N) is 2. The second-order valence-electron chi connectivity index (χ2n) is 5.78. The number of thioether (sulfide) groups is 1. The molecule has 2 amide bonds. The van der Waals surface area contributed by atoms with Crippen LogP contribution in [-0.2, 0) is 11.2 Å². The number of amides is 2. The van der Waals surface area contributed by atoms with E-state index in [0.717, 1.165) is 17.3 Å². The first-order chi connectivity index (χ1) is 13.1. The fourth-order valence-corrected chi connectivity index (χ4v) is 2.78. The Labute approximate surface area is 160 Å². The molecule has 1 aromatic heterocycles. The molecule has 0 fully saturated rings. The van der Waals surface area contributed by atoms with Gasteiger partial charge in [0.25, 0.3) is 11.1 Å². The average Bonchev–Trinajstić information content (AvgIpc) is 3.14. The number of nitrogens with zero attached hydrogens (tertiary/aromatic N) is 2. The molecule has 0 radical (unpaired) electrons. The van der Waals surface area contributed by atoms with Gasteiger partial charge in [0.2, 0.25) is 11.8 Å². The van der Waals surface area contributed by atoms with Crippen molar-refractivity contribution in [1.29, 1.82) is 0 Å². The summed E-state index contributed by atoms with van der Waals surface area (Å²) in [5.74, 6) is -0.227. The number of hydrogen-bond acceptors (Lipinski definition) is 6. The third-order valence-electron chi connectivity index (χ3n) is 3.60. The minimum absolute atomic E-state index is 0.0429. The maximum atomic E-state index is 11.8. The first kappa shape index (κ1) is 18.7. The predicted octanol–water partition coefficient (Wildman–Crippen LogP) is 2.52. The fraction of sp³-hybridized carbons (Fsp3) is 0.158. The SMILES string of the molecule is Cc1ccc(Cc2nnc(SCC(=O)NNC(=O)c3ccccc3)o2)cc1. The minimum atomic E-state index is -0.382. The van der Waals surface area contributed by atoms with Crippen LogP contribution in [0.2, 0.25) is 0 Å². The molecular formula is C19H18N4O3S. The van der Waals surface area contributed by atoms with Crippen molar-refractivity contribution in [1.82, 2.24) is 21.0 Å². The van der Waals surface area contributed by atoms with Crippen LogP contribution in [0.1, 0.15) is 27.4 Å². The number of rotatable bonds is 6. The third kappa shape index (κ3) is 5.68. The Morgan fingerprint density at radius 1 is 1.00 bits per heavy atom. The molecule has 2 N–H and O–H groups in total. The van der Waals surface area contributed by atoms with E-state index in [0.29, 0.717) is 23.1 Å². The highest BCUT2D eigenvalue weighted by molar-refractivity contribution is 7.99. The number of hydrazine groups is 1. The molecular weight excluding hydrogens is 364 g/mol. The van der Waals surface area contributed by atoms with Gasteiger partial charge in [-0.3, -0.25) is 20.4 Å². The summed E-state index contributed by atoms with van der Waals surface area (Å²) < 4.78 is 5.54. The van der Waals surface area contributed by atoms with Gasteiger partial charge in [-0.2, -0.15) is 0 Å². The lowest BCUT2D eigenvalue weighted by Crippen LogP contribution is -2.42. The zero-order chi connectivity index (χ0) is 19.1. The molecule has 0 spiro atoms. The van der Waals surface area contributed by atoms with Crippen molar-refractivity contribution < 1.29 is 14.0 Å². The Morgan fingerprint density at radius 2 is 1.74 bits per heavy atom. The Morgan fingerprint density at radius 3 is 2.48 bits per heavy atom. The molecule has 0 saturated heterocycles. The van der Waals surface area contributed by atoms with Crippen LogP contribution in [0.15, 0.2) is 64.2 Å². The fourth-order valence-electron chi connectivity index (χ4n) is 2.20. The second-order valence-corrected chi connectivity index (χ2v) is 6.71. The first-order valence-electron chi connectivity index (χ1n) is 8.25. The molecule has 0 saturated carbocycles. The zero-order valence-electron chi connectivity index (χ0n) is 14.6. The van der Waals surface area contributed by atoms with Crippen molar-refractivity contribution in [3.05, 3.63) is 77.2 Å². The lowest BCUT2D eigenvalue weighted by Gasteiger charge is -2.06. The normalized spacial score (nSPS) is 10.4. The van der Waals surface area contributed by atoms with Crippen LogP contribution in [0.25, 0.3) is 0 Å². The molecule has 0 atom stereocenters. The Balaban J connectivity index is 1.43. The van der Waals surface area contributed by atoms with Gasteiger partial charge in [-0.25, -0.2) is 0 Å². The number of hydrogen-bond donors (Lipinski definition) is 2. The second kappa shape index (κ2) is 9.00. The van der Waals surface area contributed by atoms with E-state index in [2.05, 4.69) is 21.0 Å². The summed E-state index contributed by atoms with van der Waals surface area (Å²) >= 11 is 1.11. The minimum Gasteiger partial charge on any atom is -0.416 e. The highest BCUT2D eigenvalue weighted by atomic mass is 32.2. The lowest BCUT2D eigenvalue weighted by atomic mass is 10.1. The van der Waals surface area contributed by atoms with E-state index in [1.165, 1.54) is 5.56 Å². The summed E-state index contributed by atoms with van der Waals surface area (Å²) in [5, 5.41) is 8.22. The van der Waals surface area contributed by atoms with E-state index in [1.54, 1.807) is 24.3 Å². The van der Waals surface area contributed by atoms with Crippen LogP contribution in [0.5, 0.6) is 0 Å². The lowest BCUT2D eigenvalue weighted by molar-refractivity contribution is -0.119. The van der Waals surface area contributed by atoms with Crippen molar-refractivity contribution in [2.75, 3.05) is 5.75 Å². The van der Waals surface area contributed by atoms with Gasteiger partial charge in [0, 0.05) is 5.56 Å². The summed E-state index contributed by atoms with van der Waals surface area (Å²) in [4.78, 5) is 23.7. The molecule has 8 heteroatoms. The van der Waals surface area contributed by atoms with E-state index in [9.17, 15) is 9.59 Å². The van der Waals surface area contributed by atoms with Gasteiger partial charge in [0.1, 0.15) is 0 Å². The molecule has 0 aliphatic carbocycles. The molecule has 2 aromatic carbocycles. The third-order valence-corrected chi connectivity index (χ3v) is 4.42. The molecule has 3 aromatic rings. The summed E-state index contributed by atoms with van der Waals surface area (Å²) in [6.07, 6.45) is 0.535. The van der Waals surface area contributed by atoms with E-state index in [-0.39, 0.29) is 17.6 Å². The number of carbonyl (C=O) groups is 2. The number of aryl methyl sites for hydroxylation is 1. The average molecular weight is 382 g/mol. The topological polar surface area (TPSA) is 97.1 Å². The van der Waals surface area contributed by atoms with Crippen LogP contribution in [0, 0.1) is 6.92 Å². The van der Waals surface area contributed by atoms with Gasteiger partial charge in [0.05, 0.1) is 12.2 Å². The van der Waals surface area contributed by atoms with E-state index in [1.807, 2.05) is 37.3 Å². The summed E-state index contributed by atoms with van der Waals surface area (Å²) in [7, 11) is 0. The maximum absolute atomic E-state index is 11.8. The Bertz CT molecular complexity index is 910. The van der Waals surface area contributed by atoms with Gasteiger partial charge < -0.3 is 4.42 Å². The van der Waals surface area contributed by atoms with E-state index < -0.39 is 0 Å². The standard InChI is InChI=1S/C19H18N4O3S/c1-13-7-9-14(10-8-13)11-17-21-23-19(26-17)27-12-16(24)20-22-18(25)15-5-3-2-4-6-15/h2-10H,11-12H2,1H3,(H,20,24)(H,22,25). The Kier molecular flexibility index (Phi) is 6.22. The molecule has 27 heavy (non-hydrogen) atoms. The van der Waals surface area contributed by atoms with Gasteiger partial charge in [-0.1, -0.05) is 59.8 Å². The van der Waals surface area contributed by atoms with Crippen molar-refractivity contribution in [2.24, 2.45) is 0 Å². The molecule has 3 rings (SSSR count). The summed E-state index contributed by atoms with van der Waals surface area (Å²) in [6, 6.07) is 16.7. The smallest absolute Gasteiger partial charge is 0.277 e. The van der Waals surface area contributed by atoms with Crippen LogP contribution in [0.3, 0.4) is 0 Å². The molecule has 0 unspecified atom stereocenters. The quantitative estimate of drug-likeness (QED) is 0.502. The molecule has 0 aliphatic heterocycles. The van der Waals surface area contributed by atoms with Crippen molar-refractivity contribution in [2.45, 2.75) is 18.6 Å². The van der Waals surface area contributed by atoms with E-state index in [4.69, 9.17) is 4.42 Å². The predicted molar refractivity (Wildman–Crippen MR) is 101 cm³/mol. The maximum Gasteiger partial charge on any atom is 0.277 e. The number of benzene rings is 2. The van der Waals surface area contributed by atoms with Gasteiger partial charge in [-0.05, 0) is 24.6 Å². The monoisotopic (exact) mass is 382 g/mol. The van der Waals surface area contributed by atoms with Crippen molar-refractivity contribution in [3.63, 3.8) is 0 Å². The van der Waals surface area contributed by atoms with Crippen molar-refractivity contribution in [3.8, 4) is 0 Å². The number of aromatic nitrogens is 2. The molecule has 1 heterocycles. The summed E-state index contributed by atoms with van der Waals surface area (Å²) in [5.41, 5.74) is 7.43. The Hall–Kier alpha value is -3.13. The largest absolute Gasteiger partial charge is 0.416 e. The van der Waals surface area contributed by atoms with Gasteiger partial charge in [0.15, 0.2) is 0 Å². The first-order valence-corrected chi connectivity index (χ1v) is 9.23. The van der Waals surface area contributed by atoms with Crippen LogP contribution in [-0.4, -0.2) is 27.8 Å². The van der Waals surface area contributed by atoms with Gasteiger partial charge >= 0.3 is 0 Å². The van der Waals surface area contributed by atoms with Crippen LogP contribution < -0.4 is 10.9 Å². The molecule has 0 bridgehead atoms. The molecule has 0 aliphatic rings. The van der Waals surface area contributed by atoms with Crippen LogP contribution in [0.4, 0.5) is 0 Å². The number of carbonyl (C=O) groups excluding carboxylic acids is 2. The molecule has 7 nitrogen and oxygen atoms in total. The highest BCUT2D eigenvalue weighted by Crippen LogP contribution is 2.17. The van der Waals surface area contributed by atoms with Crippen molar-refractivity contribution >= 4 is 23.6 Å². The van der Waals surface area contributed by atoms with Gasteiger partial charge in [-0.15, -0.1) is 10.2 Å². The van der Waals surface area contributed by atoms with E-state index >= 15 is 0 Å². The summed E-state index contributed by atoms with van der Waals surface area (Å²) in [6.45, 7) is 2.03. The highest BCUT2D eigenvalue weighted by Gasteiger charge is 2.11. The molecule has 138 valence electrons. The zero-order valence-corrected chi connectivity index (χ0v) is 15.5. The van der Waals surface area contributed by atoms with Crippen LogP contribution >= 0.6 is 11.8 Å².